The number of halogens is 4. The molecule has 450 valence electrons. The Morgan fingerprint density at radius 2 is 0.846 bits per heavy atom. The van der Waals surface area contributed by atoms with Crippen LogP contribution in [0.3, 0.4) is 0 Å². The van der Waals surface area contributed by atoms with Crippen molar-refractivity contribution < 1.29 is 31.8 Å². The van der Waals surface area contributed by atoms with Crippen molar-refractivity contribution in [2.45, 2.75) is 301 Å². The van der Waals surface area contributed by atoms with Gasteiger partial charge in [-0.2, -0.15) is 8.78 Å². The first-order valence-electron chi connectivity index (χ1n) is 32.7. The van der Waals surface area contributed by atoms with Crippen LogP contribution >= 0.6 is 0 Å². The van der Waals surface area contributed by atoms with Gasteiger partial charge in [0.2, 0.25) is 11.6 Å². The Morgan fingerprint density at radius 3 is 1.26 bits per heavy atom. The Labute approximate surface area is 482 Å². The SMILES string of the molecule is CCCC1CCC(C2CCC(OCCCC[Si](C)(C)CC[Si](C)(C)CCC(C)CC)CC2)CC1.CCOc1ccc(C2CCC(c3ccc(OCCCC[Si](C)(C)CC[Si](C)(C)CCC(C)CC)c(F)c3F)CC2)c(F)c1F. The van der Waals surface area contributed by atoms with Crippen LogP contribution in [0.15, 0.2) is 24.3 Å². The van der Waals surface area contributed by atoms with Crippen molar-refractivity contribution in [3.05, 3.63) is 58.7 Å². The molecule has 3 aliphatic carbocycles. The lowest BCUT2D eigenvalue weighted by Crippen LogP contribution is -2.32. The Hall–Kier alpha value is -1.41. The van der Waals surface area contributed by atoms with E-state index in [4.69, 9.17) is 14.2 Å². The highest BCUT2D eigenvalue weighted by Gasteiger charge is 2.34. The molecule has 2 aromatic carbocycles. The summed E-state index contributed by atoms with van der Waals surface area (Å²) >= 11 is 0. The highest BCUT2D eigenvalue weighted by molar-refractivity contribution is 6.83. The molecule has 2 unspecified atom stereocenters. The molecule has 0 saturated heterocycles. The second-order valence-electron chi connectivity index (χ2n) is 29.0. The normalized spacial score (nSPS) is 22.4. The fraction of sp³-hybridized carbons (Fsp3) is 0.821. The van der Waals surface area contributed by atoms with Crippen molar-refractivity contribution in [3.8, 4) is 11.5 Å². The largest absolute Gasteiger partial charge is 0.491 e. The van der Waals surface area contributed by atoms with Gasteiger partial charge >= 0.3 is 0 Å². The topological polar surface area (TPSA) is 27.7 Å². The number of rotatable bonds is 33. The molecule has 0 spiro atoms. The van der Waals surface area contributed by atoms with Crippen molar-refractivity contribution in [1.29, 1.82) is 0 Å². The van der Waals surface area contributed by atoms with Crippen molar-refractivity contribution in [2.24, 2.45) is 29.6 Å². The van der Waals surface area contributed by atoms with Crippen LogP contribution in [0.4, 0.5) is 17.6 Å². The highest BCUT2D eigenvalue weighted by Crippen LogP contribution is 2.45. The lowest BCUT2D eigenvalue weighted by atomic mass is 9.70. The van der Waals surface area contributed by atoms with Crippen LogP contribution in [0.1, 0.15) is 206 Å². The monoisotopic (exact) mass is 1160 g/mol. The molecule has 0 bridgehead atoms. The Balaban J connectivity index is 0.000000348. The lowest BCUT2D eigenvalue weighted by Gasteiger charge is -2.37. The second-order valence-corrected chi connectivity index (χ2v) is 50.4. The predicted molar refractivity (Wildman–Crippen MR) is 340 cm³/mol. The Bertz CT molecular complexity index is 1970. The predicted octanol–water partition coefficient (Wildman–Crippen LogP) is 22.9. The van der Waals surface area contributed by atoms with E-state index in [9.17, 15) is 8.78 Å². The van der Waals surface area contributed by atoms with Gasteiger partial charge in [0, 0.05) is 38.9 Å². The molecule has 3 fully saturated rings. The third kappa shape index (κ3) is 24.4. The fourth-order valence-electron chi connectivity index (χ4n) is 13.3. The summed E-state index contributed by atoms with van der Waals surface area (Å²) in [6.45, 7) is 35.9. The molecule has 2 atom stereocenters. The summed E-state index contributed by atoms with van der Waals surface area (Å²) in [5.74, 6) is 0.819. The van der Waals surface area contributed by atoms with E-state index >= 15 is 8.78 Å². The van der Waals surface area contributed by atoms with E-state index in [1.165, 1.54) is 139 Å². The van der Waals surface area contributed by atoms with E-state index in [2.05, 4.69) is 87.0 Å². The zero-order valence-corrected chi connectivity index (χ0v) is 57.0. The van der Waals surface area contributed by atoms with Crippen LogP contribution in [-0.2, 0) is 4.74 Å². The zero-order valence-electron chi connectivity index (χ0n) is 53.0. The fourth-order valence-corrected chi connectivity index (χ4v) is 30.1. The maximum absolute atomic E-state index is 15.2. The maximum atomic E-state index is 15.2. The van der Waals surface area contributed by atoms with E-state index < -0.39 is 55.6 Å². The van der Waals surface area contributed by atoms with Crippen LogP contribution < -0.4 is 9.47 Å². The number of hydrogen-bond acceptors (Lipinski definition) is 3. The molecule has 11 heteroatoms. The number of benzene rings is 2. The van der Waals surface area contributed by atoms with Crippen LogP contribution in [0.25, 0.3) is 0 Å². The molecular formula is C67H120F4O3Si4. The minimum atomic E-state index is -1.29. The van der Waals surface area contributed by atoms with Gasteiger partial charge < -0.3 is 14.2 Å². The molecule has 0 aromatic heterocycles. The molecule has 78 heavy (non-hydrogen) atoms. The number of hydrogen-bond donors (Lipinski definition) is 0. The van der Waals surface area contributed by atoms with Gasteiger partial charge in [0.1, 0.15) is 0 Å². The van der Waals surface area contributed by atoms with Gasteiger partial charge in [0.15, 0.2) is 23.1 Å². The van der Waals surface area contributed by atoms with Crippen molar-refractivity contribution >= 4 is 32.3 Å². The van der Waals surface area contributed by atoms with Crippen molar-refractivity contribution in [2.75, 3.05) is 19.8 Å². The van der Waals surface area contributed by atoms with Crippen molar-refractivity contribution in [3.63, 3.8) is 0 Å². The number of unbranched alkanes of at least 4 members (excludes halogenated alkanes) is 2. The minimum Gasteiger partial charge on any atom is -0.491 e. The van der Waals surface area contributed by atoms with E-state index in [1.54, 1.807) is 43.3 Å². The van der Waals surface area contributed by atoms with Crippen LogP contribution in [0, 0.1) is 52.9 Å². The van der Waals surface area contributed by atoms with Crippen molar-refractivity contribution in [1.82, 2.24) is 0 Å². The summed E-state index contributed by atoms with van der Waals surface area (Å²) in [7, 11) is -4.45. The Kier molecular flexibility index (Phi) is 30.5. The van der Waals surface area contributed by atoms with Gasteiger partial charge in [-0.15, -0.1) is 0 Å². The Morgan fingerprint density at radius 1 is 0.449 bits per heavy atom. The highest BCUT2D eigenvalue weighted by atomic mass is 28.3. The van der Waals surface area contributed by atoms with Crippen LogP contribution in [0.2, 0.25) is 101 Å². The number of ether oxygens (including phenoxy) is 3. The molecule has 0 radical (unpaired) electrons. The van der Waals surface area contributed by atoms with Gasteiger partial charge in [-0.1, -0.05) is 212 Å². The summed E-state index contributed by atoms with van der Waals surface area (Å²) in [4.78, 5) is 0. The van der Waals surface area contributed by atoms with E-state index in [1.807, 2.05) is 0 Å². The van der Waals surface area contributed by atoms with Gasteiger partial charge in [0.25, 0.3) is 0 Å². The molecule has 0 heterocycles. The summed E-state index contributed by atoms with van der Waals surface area (Å²) in [6, 6.07) is 17.9. The molecule has 0 N–H and O–H groups in total. The quantitative estimate of drug-likeness (QED) is 0.0405. The van der Waals surface area contributed by atoms with Crippen LogP contribution in [-0.4, -0.2) is 58.2 Å². The molecule has 2 aromatic rings. The smallest absolute Gasteiger partial charge is 0.200 e. The standard InChI is InChI=1S/C36H56F4O2Si2.C31H64OSi2/c1-8-26(3)20-23-44(6,7)25-24-43(4,5)22-11-10-21-42-32-19-17-30(34(38)36(32)40)28-14-12-27(13-15-28)29-16-18-31(41-9-2)35(39)33(29)37;1-8-12-28-13-15-29(16-14-28)30-17-19-31(20-18-30)32-22-10-11-23-33(4,5)25-26-34(6,7)24-21-27(3)9-2/h16-19,26-28H,8-15,20-25H2,1-7H3;27-31H,8-26H2,1-7H3. The van der Waals surface area contributed by atoms with Gasteiger partial charge in [0.05, 0.1) is 19.3 Å². The molecule has 3 nitrogen and oxygen atoms in total. The average Bonchev–Trinajstić information content (AvgIpc) is 3.42. The molecule has 5 rings (SSSR count). The third-order valence-corrected chi connectivity index (χ3v) is 34.2. The van der Waals surface area contributed by atoms with Gasteiger partial charge in [-0.25, -0.2) is 8.78 Å². The second kappa shape index (κ2) is 34.4. The molecule has 0 amide bonds. The first-order valence-corrected chi connectivity index (χ1v) is 46.4. The summed E-state index contributed by atoms with van der Waals surface area (Å²) < 4.78 is 76.5. The van der Waals surface area contributed by atoms with E-state index in [-0.39, 0.29) is 29.9 Å². The summed E-state index contributed by atoms with van der Waals surface area (Å²) in [5.41, 5.74) is 0.670. The third-order valence-electron chi connectivity index (χ3n) is 20.1. The summed E-state index contributed by atoms with van der Waals surface area (Å²) in [5, 5.41) is 0. The molecule has 3 aliphatic rings. The lowest BCUT2D eigenvalue weighted by molar-refractivity contribution is 0.00576. The first kappa shape index (κ1) is 69.1. The first-order chi connectivity index (χ1) is 36.9. The molecular weight excluding hydrogens is 1040 g/mol. The van der Waals surface area contributed by atoms with E-state index in [0.29, 0.717) is 49.5 Å². The summed E-state index contributed by atoms with van der Waals surface area (Å²) in [6.07, 6.45) is 27.5. The molecule has 0 aliphatic heterocycles. The average molecular weight is 1160 g/mol. The van der Waals surface area contributed by atoms with E-state index in [0.717, 1.165) is 49.0 Å². The van der Waals surface area contributed by atoms with Crippen LogP contribution in [0.5, 0.6) is 11.5 Å². The minimum absolute atomic E-state index is 0.0302. The van der Waals surface area contributed by atoms with Gasteiger partial charge in [-0.3, -0.25) is 0 Å². The maximum Gasteiger partial charge on any atom is 0.200 e. The zero-order chi connectivity index (χ0) is 57.5. The molecule has 3 saturated carbocycles. The van der Waals surface area contributed by atoms with Gasteiger partial charge in [-0.05, 0) is 149 Å².